The van der Waals surface area contributed by atoms with Crippen molar-refractivity contribution >= 4 is 17.9 Å². The highest BCUT2D eigenvalue weighted by Gasteiger charge is 2.69. The van der Waals surface area contributed by atoms with Gasteiger partial charge in [-0.05, 0) is 62.4 Å². The van der Waals surface area contributed by atoms with Crippen LogP contribution in [0, 0.1) is 23.2 Å². The second-order valence-electron chi connectivity index (χ2n) is 10.3. The van der Waals surface area contributed by atoms with Gasteiger partial charge in [0.2, 0.25) is 0 Å². The molecule has 0 amide bonds. The largest absolute Gasteiger partial charge is 0.462 e. The van der Waals surface area contributed by atoms with Gasteiger partial charge in [0.1, 0.15) is 17.3 Å². The van der Waals surface area contributed by atoms with E-state index in [4.69, 9.17) is 14.2 Å². The van der Waals surface area contributed by atoms with Gasteiger partial charge in [0.05, 0.1) is 0 Å². The number of carbonyl (C=O) groups excluding carboxylic acids is 3. The highest BCUT2D eigenvalue weighted by atomic mass is 16.6. The minimum Gasteiger partial charge on any atom is -0.462 e. The van der Waals surface area contributed by atoms with Gasteiger partial charge in [-0.2, -0.15) is 0 Å². The second-order valence-corrected chi connectivity index (χ2v) is 10.3. The SMILES string of the molecule is CC(=O)O[C@H]1C=C[C@]2(O)C3CC[C@@]4(C)C(CC[C@@H]4OC(C)=O)C3CC[C@]2(O)[C@H]1OC(C)=O. The summed E-state index contributed by atoms with van der Waals surface area (Å²) in [4.78, 5) is 35.1. The predicted molar refractivity (Wildman–Crippen MR) is 112 cm³/mol. The van der Waals surface area contributed by atoms with Crippen molar-refractivity contribution in [3.8, 4) is 0 Å². The normalized spacial score (nSPS) is 46.9. The Morgan fingerprint density at radius 2 is 1.50 bits per heavy atom. The molecule has 3 fully saturated rings. The van der Waals surface area contributed by atoms with Crippen LogP contribution in [0.25, 0.3) is 0 Å². The summed E-state index contributed by atoms with van der Waals surface area (Å²) in [5.41, 5.74) is -3.55. The van der Waals surface area contributed by atoms with E-state index in [-0.39, 0.29) is 41.7 Å². The van der Waals surface area contributed by atoms with Crippen LogP contribution in [0.5, 0.6) is 0 Å². The fraction of sp³-hybridized carbons (Fsp3) is 0.792. The molecule has 8 nitrogen and oxygen atoms in total. The van der Waals surface area contributed by atoms with E-state index in [0.29, 0.717) is 12.8 Å². The minimum absolute atomic E-state index is 0.132. The Hall–Kier alpha value is -1.93. The molecule has 9 atom stereocenters. The number of fused-ring (bicyclic) bond motifs is 5. The number of aliphatic hydroxyl groups is 2. The molecule has 0 aromatic rings. The van der Waals surface area contributed by atoms with E-state index < -0.39 is 35.3 Å². The average molecular weight is 451 g/mol. The first-order valence-electron chi connectivity index (χ1n) is 11.6. The quantitative estimate of drug-likeness (QED) is 0.381. The van der Waals surface area contributed by atoms with Gasteiger partial charge in [0.15, 0.2) is 12.2 Å². The van der Waals surface area contributed by atoms with Gasteiger partial charge in [-0.3, -0.25) is 14.4 Å². The van der Waals surface area contributed by atoms with Gasteiger partial charge in [0.25, 0.3) is 0 Å². The summed E-state index contributed by atoms with van der Waals surface area (Å²) in [6, 6.07) is 0. The molecule has 2 N–H and O–H groups in total. The van der Waals surface area contributed by atoms with Crippen LogP contribution in [0.3, 0.4) is 0 Å². The molecule has 0 spiro atoms. The lowest BCUT2D eigenvalue weighted by molar-refractivity contribution is -0.271. The van der Waals surface area contributed by atoms with Crippen molar-refractivity contribution in [1.29, 1.82) is 0 Å². The third-order valence-electron chi connectivity index (χ3n) is 8.68. The number of hydrogen-bond donors (Lipinski definition) is 2. The molecule has 4 aliphatic rings. The van der Waals surface area contributed by atoms with Gasteiger partial charge in [-0.1, -0.05) is 13.0 Å². The molecule has 0 aromatic heterocycles. The summed E-state index contributed by atoms with van der Waals surface area (Å²) in [5, 5.41) is 23.8. The fourth-order valence-corrected chi connectivity index (χ4v) is 7.38. The lowest BCUT2D eigenvalue weighted by atomic mass is 9.48. The van der Waals surface area contributed by atoms with Crippen molar-refractivity contribution < 1.29 is 38.8 Å². The third-order valence-corrected chi connectivity index (χ3v) is 8.68. The van der Waals surface area contributed by atoms with Crippen molar-refractivity contribution in [2.75, 3.05) is 0 Å². The molecule has 8 heteroatoms. The van der Waals surface area contributed by atoms with Crippen LogP contribution in [-0.2, 0) is 28.6 Å². The summed E-state index contributed by atoms with van der Waals surface area (Å²) >= 11 is 0. The van der Waals surface area contributed by atoms with Crippen molar-refractivity contribution in [3.05, 3.63) is 12.2 Å². The Morgan fingerprint density at radius 1 is 0.844 bits per heavy atom. The standard InChI is InChI=1S/C24H34O8/c1-13(25)30-19-9-12-23(28)18-8-10-22(4)17(5-6-20(22)31-14(2)26)16(18)7-11-24(23,29)21(19)32-15(3)27/h9,12,16-21,28-29H,5-8,10-11H2,1-4H3/t16?,17?,18?,19-,20-,21-,22-,23-,24-/m0/s1. The number of esters is 3. The van der Waals surface area contributed by atoms with Gasteiger partial charge in [-0.25, -0.2) is 0 Å². The van der Waals surface area contributed by atoms with E-state index in [9.17, 15) is 24.6 Å². The first kappa shape index (κ1) is 23.2. The molecule has 0 aromatic carbocycles. The van der Waals surface area contributed by atoms with E-state index in [2.05, 4.69) is 6.92 Å². The van der Waals surface area contributed by atoms with E-state index in [0.717, 1.165) is 19.3 Å². The van der Waals surface area contributed by atoms with Crippen LogP contribution in [0.1, 0.15) is 66.2 Å². The first-order chi connectivity index (χ1) is 14.9. The van der Waals surface area contributed by atoms with Crippen LogP contribution in [-0.4, -0.2) is 57.6 Å². The molecular formula is C24H34O8. The summed E-state index contributed by atoms with van der Waals surface area (Å²) < 4.78 is 16.4. The Kier molecular flexibility index (Phi) is 5.69. The van der Waals surface area contributed by atoms with Crippen LogP contribution in [0.15, 0.2) is 12.2 Å². The van der Waals surface area contributed by atoms with E-state index >= 15 is 0 Å². The van der Waals surface area contributed by atoms with Crippen molar-refractivity contribution in [1.82, 2.24) is 0 Å². The molecule has 0 aliphatic heterocycles. The lowest BCUT2D eigenvalue weighted by Crippen LogP contribution is -2.73. The maximum Gasteiger partial charge on any atom is 0.303 e. The molecule has 0 heterocycles. The van der Waals surface area contributed by atoms with Crippen LogP contribution < -0.4 is 0 Å². The summed E-state index contributed by atoms with van der Waals surface area (Å²) in [5.74, 6) is -1.31. The Labute approximate surface area is 188 Å². The zero-order valence-electron chi connectivity index (χ0n) is 19.2. The highest BCUT2D eigenvalue weighted by molar-refractivity contribution is 5.68. The average Bonchev–Trinajstić information content (AvgIpc) is 3.01. The highest BCUT2D eigenvalue weighted by Crippen LogP contribution is 2.64. The Morgan fingerprint density at radius 3 is 2.12 bits per heavy atom. The summed E-state index contributed by atoms with van der Waals surface area (Å²) in [6.07, 6.45) is 4.74. The number of carbonyl (C=O) groups is 3. The lowest BCUT2D eigenvalue weighted by Gasteiger charge is -2.62. The topological polar surface area (TPSA) is 119 Å². The first-order valence-corrected chi connectivity index (χ1v) is 11.6. The zero-order chi connectivity index (χ0) is 23.5. The van der Waals surface area contributed by atoms with E-state index in [1.54, 1.807) is 6.08 Å². The van der Waals surface area contributed by atoms with E-state index in [1.807, 2.05) is 0 Å². The predicted octanol–water partition coefficient (Wildman–Crippen LogP) is 2.05. The number of rotatable bonds is 3. The fourth-order valence-electron chi connectivity index (χ4n) is 7.38. The molecule has 0 bridgehead atoms. The monoisotopic (exact) mass is 450 g/mol. The molecule has 3 saturated carbocycles. The summed E-state index contributed by atoms with van der Waals surface area (Å²) in [6.45, 7) is 6.10. The van der Waals surface area contributed by atoms with Gasteiger partial charge in [0, 0.05) is 26.2 Å². The molecular weight excluding hydrogens is 416 g/mol. The van der Waals surface area contributed by atoms with Crippen molar-refractivity contribution in [2.45, 2.75) is 95.7 Å². The molecule has 178 valence electrons. The number of ether oxygens (including phenoxy) is 3. The summed E-state index contributed by atoms with van der Waals surface area (Å²) in [7, 11) is 0. The molecule has 4 aliphatic carbocycles. The third kappa shape index (κ3) is 3.37. The Balaban J connectivity index is 1.67. The Bertz CT molecular complexity index is 838. The van der Waals surface area contributed by atoms with Crippen LogP contribution in [0.4, 0.5) is 0 Å². The molecule has 0 saturated heterocycles. The molecule has 0 radical (unpaired) electrons. The smallest absolute Gasteiger partial charge is 0.303 e. The van der Waals surface area contributed by atoms with Gasteiger partial charge >= 0.3 is 17.9 Å². The van der Waals surface area contributed by atoms with Gasteiger partial charge < -0.3 is 24.4 Å². The zero-order valence-corrected chi connectivity index (χ0v) is 19.2. The molecule has 32 heavy (non-hydrogen) atoms. The van der Waals surface area contributed by atoms with Crippen molar-refractivity contribution in [3.63, 3.8) is 0 Å². The van der Waals surface area contributed by atoms with E-state index in [1.165, 1.54) is 26.8 Å². The van der Waals surface area contributed by atoms with Crippen LogP contribution >= 0.6 is 0 Å². The van der Waals surface area contributed by atoms with Gasteiger partial charge in [-0.15, -0.1) is 0 Å². The minimum atomic E-state index is -1.77. The maximum atomic E-state index is 11.9. The van der Waals surface area contributed by atoms with Crippen molar-refractivity contribution in [2.24, 2.45) is 23.2 Å². The maximum absolute atomic E-state index is 11.9. The molecule has 3 unspecified atom stereocenters. The van der Waals surface area contributed by atoms with Crippen LogP contribution in [0.2, 0.25) is 0 Å². The number of hydrogen-bond acceptors (Lipinski definition) is 8. The second kappa shape index (κ2) is 7.83. The molecule has 4 rings (SSSR count).